The number of hydrogen-bond acceptors (Lipinski definition) is 2. The van der Waals surface area contributed by atoms with Crippen LogP contribution in [0.3, 0.4) is 0 Å². The van der Waals surface area contributed by atoms with E-state index in [1.54, 1.807) is 0 Å². The fourth-order valence-corrected chi connectivity index (χ4v) is 2.14. The Hall–Kier alpha value is -0.570. The summed E-state index contributed by atoms with van der Waals surface area (Å²) in [6.45, 7) is 4.32. The molecule has 1 heterocycles. The Kier molecular flexibility index (Phi) is 3.29. The number of anilines is 1. The highest BCUT2D eigenvalue weighted by Gasteiger charge is 2.23. The monoisotopic (exact) mass is 268 g/mol. The molecule has 0 spiro atoms. The molecule has 1 unspecified atom stereocenters. The molecule has 0 saturated heterocycles. The SMILES string of the molecule is Cc1ccnc(NC(C)CC2CC2)c1Br. The Morgan fingerprint density at radius 1 is 1.60 bits per heavy atom. The fourth-order valence-electron chi connectivity index (χ4n) is 1.79. The molecule has 0 aliphatic heterocycles. The molecule has 0 bridgehead atoms. The highest BCUT2D eigenvalue weighted by molar-refractivity contribution is 9.10. The Labute approximate surface area is 99.6 Å². The van der Waals surface area contributed by atoms with Crippen molar-refractivity contribution < 1.29 is 0 Å². The third kappa shape index (κ3) is 2.94. The van der Waals surface area contributed by atoms with Gasteiger partial charge in [0.1, 0.15) is 5.82 Å². The minimum atomic E-state index is 0.517. The van der Waals surface area contributed by atoms with E-state index in [9.17, 15) is 0 Å². The van der Waals surface area contributed by atoms with E-state index in [1.807, 2.05) is 12.3 Å². The summed E-state index contributed by atoms with van der Waals surface area (Å²) in [7, 11) is 0. The van der Waals surface area contributed by atoms with Crippen molar-refractivity contribution in [2.24, 2.45) is 5.92 Å². The smallest absolute Gasteiger partial charge is 0.140 e. The number of pyridine rings is 1. The van der Waals surface area contributed by atoms with Crippen LogP contribution in [-0.4, -0.2) is 11.0 Å². The quantitative estimate of drug-likeness (QED) is 0.900. The second-order valence-electron chi connectivity index (χ2n) is 4.51. The maximum atomic E-state index is 4.35. The lowest BCUT2D eigenvalue weighted by atomic mass is 10.1. The number of halogens is 1. The predicted molar refractivity (Wildman–Crippen MR) is 67.1 cm³/mol. The van der Waals surface area contributed by atoms with Gasteiger partial charge in [-0.25, -0.2) is 4.98 Å². The lowest BCUT2D eigenvalue weighted by molar-refractivity contribution is 0.639. The molecule has 1 aromatic heterocycles. The van der Waals surface area contributed by atoms with Gasteiger partial charge < -0.3 is 5.32 Å². The average Bonchev–Trinajstić information content (AvgIpc) is 2.97. The summed E-state index contributed by atoms with van der Waals surface area (Å²) in [4.78, 5) is 4.35. The van der Waals surface area contributed by atoms with E-state index in [0.717, 1.165) is 16.2 Å². The molecule has 15 heavy (non-hydrogen) atoms. The van der Waals surface area contributed by atoms with Crippen LogP contribution in [0.2, 0.25) is 0 Å². The van der Waals surface area contributed by atoms with Gasteiger partial charge in [-0.2, -0.15) is 0 Å². The second kappa shape index (κ2) is 4.52. The minimum absolute atomic E-state index is 0.517. The van der Waals surface area contributed by atoms with E-state index >= 15 is 0 Å². The lowest BCUT2D eigenvalue weighted by Crippen LogP contribution is -2.17. The summed E-state index contributed by atoms with van der Waals surface area (Å²) >= 11 is 3.57. The van der Waals surface area contributed by atoms with Crippen LogP contribution in [0.4, 0.5) is 5.82 Å². The predicted octanol–water partition coefficient (Wildman–Crippen LogP) is 3.75. The van der Waals surface area contributed by atoms with E-state index < -0.39 is 0 Å². The molecule has 1 saturated carbocycles. The summed E-state index contributed by atoms with van der Waals surface area (Å²) in [5.74, 6) is 1.93. The van der Waals surface area contributed by atoms with Gasteiger partial charge in [0.2, 0.25) is 0 Å². The van der Waals surface area contributed by atoms with Gasteiger partial charge in [0.25, 0.3) is 0 Å². The molecule has 3 heteroatoms. The zero-order chi connectivity index (χ0) is 10.8. The van der Waals surface area contributed by atoms with Gasteiger partial charge in [-0.15, -0.1) is 0 Å². The van der Waals surface area contributed by atoms with Crippen LogP contribution in [-0.2, 0) is 0 Å². The summed E-state index contributed by atoms with van der Waals surface area (Å²) in [6.07, 6.45) is 5.94. The second-order valence-corrected chi connectivity index (χ2v) is 5.31. The number of aryl methyl sites for hydroxylation is 1. The van der Waals surface area contributed by atoms with Crippen LogP contribution in [0.15, 0.2) is 16.7 Å². The Morgan fingerprint density at radius 3 is 3.00 bits per heavy atom. The van der Waals surface area contributed by atoms with Crippen LogP contribution in [0.5, 0.6) is 0 Å². The van der Waals surface area contributed by atoms with Crippen molar-refractivity contribution in [3.63, 3.8) is 0 Å². The van der Waals surface area contributed by atoms with Gasteiger partial charge >= 0.3 is 0 Å². The van der Waals surface area contributed by atoms with Crippen molar-refractivity contribution in [1.29, 1.82) is 0 Å². The molecular formula is C12H17BrN2. The van der Waals surface area contributed by atoms with Crippen LogP contribution in [0, 0.1) is 12.8 Å². The molecule has 1 aromatic rings. The Bertz CT molecular complexity index is 347. The zero-order valence-corrected chi connectivity index (χ0v) is 10.8. The third-order valence-corrected chi connectivity index (χ3v) is 3.85. The normalized spacial score (nSPS) is 17.5. The first-order chi connectivity index (χ1) is 7.16. The van der Waals surface area contributed by atoms with Crippen LogP contribution in [0.25, 0.3) is 0 Å². The van der Waals surface area contributed by atoms with Gasteiger partial charge in [-0.05, 0) is 53.7 Å². The molecule has 2 rings (SSSR count). The highest BCUT2D eigenvalue weighted by atomic mass is 79.9. The lowest BCUT2D eigenvalue weighted by Gasteiger charge is -2.15. The maximum absolute atomic E-state index is 4.35. The topological polar surface area (TPSA) is 24.9 Å². The summed E-state index contributed by atoms with van der Waals surface area (Å²) in [5.41, 5.74) is 1.23. The van der Waals surface area contributed by atoms with Gasteiger partial charge in [-0.3, -0.25) is 0 Å². The number of nitrogens with zero attached hydrogens (tertiary/aromatic N) is 1. The highest BCUT2D eigenvalue weighted by Crippen LogP contribution is 2.34. The number of aromatic nitrogens is 1. The number of rotatable bonds is 4. The van der Waals surface area contributed by atoms with Crippen molar-refractivity contribution in [3.05, 3.63) is 22.3 Å². The van der Waals surface area contributed by atoms with E-state index in [0.29, 0.717) is 6.04 Å². The summed E-state index contributed by atoms with van der Waals surface area (Å²) in [6, 6.07) is 2.53. The molecule has 0 amide bonds. The average molecular weight is 269 g/mol. The molecule has 1 aliphatic carbocycles. The maximum Gasteiger partial charge on any atom is 0.140 e. The molecule has 1 aliphatic rings. The largest absolute Gasteiger partial charge is 0.367 e. The molecule has 1 N–H and O–H groups in total. The van der Waals surface area contributed by atoms with Crippen molar-refractivity contribution in [3.8, 4) is 0 Å². The van der Waals surface area contributed by atoms with Crippen molar-refractivity contribution >= 4 is 21.7 Å². The molecule has 0 aromatic carbocycles. The molecular weight excluding hydrogens is 252 g/mol. The Morgan fingerprint density at radius 2 is 2.33 bits per heavy atom. The molecule has 2 nitrogen and oxygen atoms in total. The number of nitrogens with one attached hydrogen (secondary N) is 1. The van der Waals surface area contributed by atoms with Crippen LogP contribution >= 0.6 is 15.9 Å². The third-order valence-electron chi connectivity index (χ3n) is 2.85. The Balaban J connectivity index is 1.99. The van der Waals surface area contributed by atoms with Crippen LogP contribution in [0.1, 0.15) is 31.7 Å². The molecule has 1 fully saturated rings. The van der Waals surface area contributed by atoms with E-state index in [1.165, 1.54) is 24.8 Å². The minimum Gasteiger partial charge on any atom is -0.367 e. The molecule has 82 valence electrons. The fraction of sp³-hybridized carbons (Fsp3) is 0.583. The standard InChI is InChI=1S/C12H17BrN2/c1-8-5-6-14-12(11(8)13)15-9(2)7-10-3-4-10/h5-6,9-10H,3-4,7H2,1-2H3,(H,14,15). The van der Waals surface area contributed by atoms with Crippen LogP contribution < -0.4 is 5.32 Å². The van der Waals surface area contributed by atoms with Crippen molar-refractivity contribution in [2.45, 2.75) is 39.2 Å². The first-order valence-corrected chi connectivity index (χ1v) is 6.33. The first kappa shape index (κ1) is 10.9. The number of hydrogen-bond donors (Lipinski definition) is 1. The van der Waals surface area contributed by atoms with Crippen molar-refractivity contribution in [2.75, 3.05) is 5.32 Å². The summed E-state index contributed by atoms with van der Waals surface area (Å²) in [5, 5.41) is 3.46. The van der Waals surface area contributed by atoms with E-state index in [4.69, 9.17) is 0 Å². The zero-order valence-electron chi connectivity index (χ0n) is 9.26. The van der Waals surface area contributed by atoms with E-state index in [2.05, 4.69) is 40.1 Å². The van der Waals surface area contributed by atoms with Gasteiger partial charge in [0, 0.05) is 12.2 Å². The summed E-state index contributed by atoms with van der Waals surface area (Å²) < 4.78 is 1.09. The van der Waals surface area contributed by atoms with Gasteiger partial charge in [0.15, 0.2) is 0 Å². The van der Waals surface area contributed by atoms with Crippen molar-refractivity contribution in [1.82, 2.24) is 4.98 Å². The first-order valence-electron chi connectivity index (χ1n) is 5.54. The molecule has 1 atom stereocenters. The van der Waals surface area contributed by atoms with Gasteiger partial charge in [-0.1, -0.05) is 12.8 Å². The van der Waals surface area contributed by atoms with Gasteiger partial charge in [0.05, 0.1) is 4.47 Å². The molecule has 0 radical (unpaired) electrons. The van der Waals surface area contributed by atoms with E-state index in [-0.39, 0.29) is 0 Å².